The van der Waals surface area contributed by atoms with Crippen molar-refractivity contribution >= 4 is 17.5 Å². The van der Waals surface area contributed by atoms with Gasteiger partial charge in [-0.1, -0.05) is 12.7 Å². The van der Waals surface area contributed by atoms with E-state index < -0.39 is 35.7 Å². The van der Waals surface area contributed by atoms with Crippen molar-refractivity contribution in [2.24, 2.45) is 0 Å². The number of nitrogens with zero attached hydrogens (tertiary/aromatic N) is 4. The molecule has 27 heavy (non-hydrogen) atoms. The number of aromatic nitrogens is 3. The maximum Gasteiger partial charge on any atom is 0.509 e. The van der Waals surface area contributed by atoms with Crippen LogP contribution in [0.1, 0.15) is 5.69 Å². The summed E-state index contributed by atoms with van der Waals surface area (Å²) in [5.41, 5.74) is 2.47. The zero-order chi connectivity index (χ0) is 19.4. The summed E-state index contributed by atoms with van der Waals surface area (Å²) in [4.78, 5) is 15.4. The van der Waals surface area contributed by atoms with E-state index in [1.165, 1.54) is 23.0 Å². The summed E-state index contributed by atoms with van der Waals surface area (Å²) < 4.78 is 16.6. The van der Waals surface area contributed by atoms with E-state index in [1.54, 1.807) is 6.07 Å². The van der Waals surface area contributed by atoms with Crippen LogP contribution in [0.4, 0.5) is 10.6 Å². The van der Waals surface area contributed by atoms with Gasteiger partial charge in [0, 0.05) is 0 Å². The third-order valence-electron chi connectivity index (χ3n) is 4.78. The van der Waals surface area contributed by atoms with Gasteiger partial charge in [-0.05, 0) is 12.1 Å². The molecule has 1 aliphatic carbocycles. The van der Waals surface area contributed by atoms with E-state index in [9.17, 15) is 20.3 Å². The summed E-state index contributed by atoms with van der Waals surface area (Å²) >= 11 is 0. The summed E-state index contributed by atoms with van der Waals surface area (Å²) in [6.45, 7) is 3.32. The lowest BCUT2D eigenvalue weighted by Gasteiger charge is -2.29. The van der Waals surface area contributed by atoms with Crippen LogP contribution in [-0.4, -0.2) is 61.5 Å². The molecule has 1 saturated carbocycles. The Morgan fingerprint density at radius 2 is 2.37 bits per heavy atom. The molecule has 2 aromatic rings. The van der Waals surface area contributed by atoms with Crippen LogP contribution in [0.15, 0.2) is 31.1 Å². The van der Waals surface area contributed by atoms with Gasteiger partial charge in [0.25, 0.3) is 0 Å². The highest BCUT2D eigenvalue weighted by molar-refractivity contribution is 5.66. The summed E-state index contributed by atoms with van der Waals surface area (Å²) in [7, 11) is 0. The van der Waals surface area contributed by atoms with Crippen LogP contribution >= 0.6 is 0 Å². The van der Waals surface area contributed by atoms with Gasteiger partial charge in [0.05, 0.1) is 5.69 Å². The second-order valence-corrected chi connectivity index (χ2v) is 6.22. The molecule has 0 amide bonds. The van der Waals surface area contributed by atoms with Gasteiger partial charge in [-0.15, -0.1) is 0 Å². The summed E-state index contributed by atoms with van der Waals surface area (Å²) in [5, 5.41) is 35.2. The number of ether oxygens (including phenoxy) is 3. The lowest BCUT2D eigenvalue weighted by atomic mass is 9.90. The number of fused-ring (bicyclic) bond motifs is 2. The maximum atomic E-state index is 11.6. The first kappa shape index (κ1) is 17.2. The van der Waals surface area contributed by atoms with Crippen molar-refractivity contribution in [2.45, 2.75) is 29.5 Å². The predicted molar refractivity (Wildman–Crippen MR) is 86.9 cm³/mol. The molecular weight excluding hydrogens is 358 g/mol. The van der Waals surface area contributed by atoms with Gasteiger partial charge in [-0.2, -0.15) is 10.4 Å². The van der Waals surface area contributed by atoms with Crippen LogP contribution in [0.3, 0.4) is 0 Å². The van der Waals surface area contributed by atoms with Crippen molar-refractivity contribution in [1.82, 2.24) is 14.6 Å². The Labute approximate surface area is 152 Å². The number of nitrogen functional groups attached to an aromatic ring is 1. The Bertz CT molecular complexity index is 985. The number of rotatable bonds is 4. The lowest BCUT2D eigenvalue weighted by Crippen LogP contribution is -2.47. The molecule has 3 heterocycles. The highest BCUT2D eigenvalue weighted by atomic mass is 16.7. The van der Waals surface area contributed by atoms with Gasteiger partial charge in [-0.25, -0.2) is 14.3 Å². The number of nitriles is 1. The fraction of sp³-hybridized carbons (Fsp3) is 0.375. The zero-order valence-corrected chi connectivity index (χ0v) is 13.8. The molecule has 2 aromatic heterocycles. The zero-order valence-electron chi connectivity index (χ0n) is 13.8. The van der Waals surface area contributed by atoms with Crippen molar-refractivity contribution in [1.29, 1.82) is 5.26 Å². The van der Waals surface area contributed by atoms with Crippen LogP contribution in [0, 0.1) is 11.3 Å². The van der Waals surface area contributed by atoms with E-state index >= 15 is 0 Å². The van der Waals surface area contributed by atoms with E-state index in [-0.39, 0.29) is 18.1 Å². The van der Waals surface area contributed by atoms with E-state index in [1.807, 2.05) is 6.07 Å². The largest absolute Gasteiger partial charge is 0.509 e. The molecule has 140 valence electrons. The first-order chi connectivity index (χ1) is 12.9. The molecule has 2 fully saturated rings. The third-order valence-corrected chi connectivity index (χ3v) is 4.78. The normalized spacial score (nSPS) is 33.9. The number of carbonyl (C=O) groups is 1. The topological polar surface area (TPSA) is 165 Å². The van der Waals surface area contributed by atoms with Gasteiger partial charge in [0.2, 0.25) is 5.60 Å². The summed E-state index contributed by atoms with van der Waals surface area (Å²) in [5.74, 6) is 0.173. The number of hydrogen-bond donors (Lipinski definition) is 3. The Morgan fingerprint density at radius 3 is 3.00 bits per heavy atom. The van der Waals surface area contributed by atoms with Crippen LogP contribution < -0.4 is 5.73 Å². The molecule has 1 saturated heterocycles. The van der Waals surface area contributed by atoms with Gasteiger partial charge in [0.15, 0.2) is 17.5 Å². The number of hydrogen-bond acceptors (Lipinski definition) is 10. The SMILES string of the molecule is C=CCOC(=O)OC1[C@H]2O[C@@](C#N)(c3ccc4c(N)ncnn34)[C@H](O)[C@@]12O. The molecule has 4 N–H and O–H groups in total. The molecule has 0 radical (unpaired) electrons. The Balaban J connectivity index is 1.64. The molecule has 11 nitrogen and oxygen atoms in total. The number of carbonyl (C=O) groups excluding carboxylic acids is 1. The Hall–Kier alpha value is -3.20. The van der Waals surface area contributed by atoms with Gasteiger partial charge < -0.3 is 30.2 Å². The highest BCUT2D eigenvalue weighted by Gasteiger charge is 2.84. The summed E-state index contributed by atoms with van der Waals surface area (Å²) in [6.07, 6.45) is -2.50. The molecule has 2 aliphatic rings. The molecule has 11 heteroatoms. The number of aliphatic hydroxyl groups excluding tert-OH is 1. The standard InChI is InChI=1S/C16H15N5O6/c1-2-5-25-14(23)26-10-11-16(10,24)13(22)15(6-17,27-11)9-4-3-8-12(18)19-7-20-21(8)9/h2-4,7,10-11,13,22,24H,1,5H2,(H2,18,19,20)/t10?,11-,13+,15+,16-/m1/s1. The molecular formula is C16H15N5O6. The third kappa shape index (κ3) is 2.15. The molecule has 0 bridgehead atoms. The molecule has 0 aromatic carbocycles. The lowest BCUT2D eigenvalue weighted by molar-refractivity contribution is -0.112. The van der Waals surface area contributed by atoms with Gasteiger partial charge >= 0.3 is 6.16 Å². The van der Waals surface area contributed by atoms with E-state index in [2.05, 4.69) is 21.4 Å². The van der Waals surface area contributed by atoms with Crippen LogP contribution in [0.2, 0.25) is 0 Å². The predicted octanol–water partition coefficient (Wildman–Crippen LogP) is -0.757. The number of aliphatic hydroxyl groups is 2. The first-order valence-electron chi connectivity index (χ1n) is 7.92. The van der Waals surface area contributed by atoms with Crippen LogP contribution in [0.5, 0.6) is 0 Å². The average molecular weight is 373 g/mol. The minimum Gasteiger partial charge on any atom is -0.430 e. The number of anilines is 1. The second kappa shape index (κ2) is 5.65. The van der Waals surface area contributed by atoms with Crippen molar-refractivity contribution < 1.29 is 29.2 Å². The highest BCUT2D eigenvalue weighted by Crippen LogP contribution is 2.59. The van der Waals surface area contributed by atoms with Crippen LogP contribution in [-0.2, 0) is 19.8 Å². The minimum atomic E-state index is -1.95. The second-order valence-electron chi connectivity index (χ2n) is 6.22. The Morgan fingerprint density at radius 1 is 1.59 bits per heavy atom. The number of nitrogens with two attached hydrogens (primary N) is 1. The van der Waals surface area contributed by atoms with Crippen molar-refractivity contribution in [3.8, 4) is 6.07 Å². The van der Waals surface area contributed by atoms with E-state index in [0.717, 1.165) is 0 Å². The average Bonchev–Trinajstić information content (AvgIpc) is 2.98. The fourth-order valence-electron chi connectivity index (χ4n) is 3.39. The molecule has 1 aliphatic heterocycles. The van der Waals surface area contributed by atoms with Crippen molar-refractivity contribution in [2.75, 3.05) is 12.3 Å². The molecule has 5 atom stereocenters. The monoisotopic (exact) mass is 373 g/mol. The van der Waals surface area contributed by atoms with Crippen LogP contribution in [0.25, 0.3) is 5.52 Å². The van der Waals surface area contributed by atoms with Gasteiger partial charge in [0.1, 0.15) is 36.7 Å². The smallest absolute Gasteiger partial charge is 0.430 e. The first-order valence-corrected chi connectivity index (χ1v) is 7.92. The quantitative estimate of drug-likeness (QED) is 0.458. The molecule has 4 rings (SSSR count). The van der Waals surface area contributed by atoms with Crippen molar-refractivity contribution in [3.63, 3.8) is 0 Å². The van der Waals surface area contributed by atoms with Gasteiger partial charge in [-0.3, -0.25) is 0 Å². The minimum absolute atomic E-state index is 0.0720. The fourth-order valence-corrected chi connectivity index (χ4v) is 3.39. The van der Waals surface area contributed by atoms with E-state index in [0.29, 0.717) is 5.52 Å². The van der Waals surface area contributed by atoms with E-state index in [4.69, 9.17) is 15.2 Å². The summed E-state index contributed by atoms with van der Waals surface area (Å²) in [6, 6.07) is 4.96. The molecule has 1 unspecified atom stereocenters. The van der Waals surface area contributed by atoms with Crippen molar-refractivity contribution in [3.05, 3.63) is 36.8 Å². The molecule has 0 spiro atoms. The Kier molecular flexibility index (Phi) is 3.60. The maximum absolute atomic E-state index is 11.6.